The van der Waals surface area contributed by atoms with Crippen LogP contribution in [0.3, 0.4) is 0 Å². The maximum Gasteiger partial charge on any atom is 0.0895 e. The number of alkyl halides is 1. The molecule has 0 spiro atoms. The van der Waals surface area contributed by atoms with Gasteiger partial charge in [0.1, 0.15) is 0 Å². The number of unbranched alkanes of at least 4 members (excludes halogenated alkanes) is 8. The molecule has 0 radical (unpaired) electrons. The standard InChI is InChI=1S/C24H32BrN/c1-2-3-4-5-6-7-8-9-10-19-24(25)26-22-17-13-11-15-20(22)21-16-12-14-18-23(21)26/h11-18,24H,2-10,19H2,1H3. The Labute approximate surface area is 166 Å². The fourth-order valence-electron chi connectivity index (χ4n) is 4.01. The van der Waals surface area contributed by atoms with Crippen molar-refractivity contribution in [3.63, 3.8) is 0 Å². The number of hydrogen-bond acceptors (Lipinski definition) is 0. The van der Waals surface area contributed by atoms with Gasteiger partial charge < -0.3 is 4.57 Å². The van der Waals surface area contributed by atoms with Crippen LogP contribution in [-0.4, -0.2) is 4.57 Å². The normalized spacial score (nSPS) is 12.8. The second-order valence-electron chi connectivity index (χ2n) is 7.46. The van der Waals surface area contributed by atoms with Crippen LogP contribution in [0.1, 0.15) is 76.1 Å². The Morgan fingerprint density at radius 2 is 1.15 bits per heavy atom. The van der Waals surface area contributed by atoms with Gasteiger partial charge in [-0.3, -0.25) is 0 Å². The van der Waals surface area contributed by atoms with E-state index in [0.717, 1.165) is 0 Å². The molecule has 26 heavy (non-hydrogen) atoms. The highest BCUT2D eigenvalue weighted by Crippen LogP contribution is 2.35. The summed E-state index contributed by atoms with van der Waals surface area (Å²) in [6.45, 7) is 2.29. The van der Waals surface area contributed by atoms with Gasteiger partial charge in [-0.1, -0.05) is 117 Å². The van der Waals surface area contributed by atoms with Gasteiger partial charge in [0.2, 0.25) is 0 Å². The quantitative estimate of drug-likeness (QED) is 0.219. The van der Waals surface area contributed by atoms with E-state index in [-0.39, 0.29) is 0 Å². The van der Waals surface area contributed by atoms with Gasteiger partial charge in [-0.2, -0.15) is 0 Å². The highest BCUT2D eigenvalue weighted by atomic mass is 79.9. The Hall–Kier alpha value is -1.28. The van der Waals surface area contributed by atoms with Crippen molar-refractivity contribution in [1.82, 2.24) is 4.57 Å². The lowest BCUT2D eigenvalue weighted by Crippen LogP contribution is -2.01. The summed E-state index contributed by atoms with van der Waals surface area (Å²) in [6, 6.07) is 17.6. The van der Waals surface area contributed by atoms with E-state index in [2.05, 4.69) is 76.0 Å². The molecule has 0 saturated heterocycles. The number of aromatic nitrogens is 1. The Kier molecular flexibility index (Phi) is 7.61. The predicted molar refractivity (Wildman–Crippen MR) is 119 cm³/mol. The van der Waals surface area contributed by atoms with Gasteiger partial charge >= 0.3 is 0 Å². The van der Waals surface area contributed by atoms with E-state index in [1.807, 2.05) is 0 Å². The fraction of sp³-hybridized carbons (Fsp3) is 0.500. The van der Waals surface area contributed by atoms with Crippen LogP contribution in [0.15, 0.2) is 48.5 Å². The third-order valence-electron chi connectivity index (χ3n) is 5.44. The van der Waals surface area contributed by atoms with Crippen molar-refractivity contribution < 1.29 is 0 Å². The van der Waals surface area contributed by atoms with Crippen molar-refractivity contribution >= 4 is 37.7 Å². The number of halogens is 1. The van der Waals surface area contributed by atoms with Gasteiger partial charge in [0, 0.05) is 10.8 Å². The minimum absolute atomic E-state index is 0.372. The maximum absolute atomic E-state index is 3.98. The zero-order chi connectivity index (χ0) is 18.2. The molecule has 2 heteroatoms. The number of hydrogen-bond donors (Lipinski definition) is 0. The van der Waals surface area contributed by atoms with Crippen LogP contribution in [0.5, 0.6) is 0 Å². The summed E-state index contributed by atoms with van der Waals surface area (Å²) in [5.74, 6) is 0. The SMILES string of the molecule is CCCCCCCCCCCC(Br)n1c2ccccc2c2ccccc21. The molecule has 0 aliphatic heterocycles. The molecule has 0 N–H and O–H groups in total. The lowest BCUT2D eigenvalue weighted by molar-refractivity contribution is 0.539. The zero-order valence-electron chi connectivity index (χ0n) is 16.1. The average molecular weight is 414 g/mol. The van der Waals surface area contributed by atoms with Crippen LogP contribution in [0, 0.1) is 0 Å². The average Bonchev–Trinajstić information content (AvgIpc) is 3.01. The third kappa shape index (κ3) is 4.71. The molecule has 0 fully saturated rings. The van der Waals surface area contributed by atoms with Gasteiger partial charge in [0.15, 0.2) is 0 Å². The molecule has 3 rings (SSSR count). The molecule has 140 valence electrons. The van der Waals surface area contributed by atoms with Crippen LogP contribution in [-0.2, 0) is 0 Å². The van der Waals surface area contributed by atoms with Crippen LogP contribution in [0.25, 0.3) is 21.8 Å². The summed E-state index contributed by atoms with van der Waals surface area (Å²) in [6.07, 6.45) is 13.7. The molecule has 1 unspecified atom stereocenters. The summed E-state index contributed by atoms with van der Waals surface area (Å²) in [4.78, 5) is 0.372. The van der Waals surface area contributed by atoms with E-state index in [4.69, 9.17) is 0 Å². The van der Waals surface area contributed by atoms with Crippen LogP contribution < -0.4 is 0 Å². The molecule has 0 amide bonds. The number of fused-ring (bicyclic) bond motifs is 3. The minimum Gasteiger partial charge on any atom is -0.327 e. The van der Waals surface area contributed by atoms with Crippen molar-refractivity contribution in [2.24, 2.45) is 0 Å². The van der Waals surface area contributed by atoms with Gasteiger partial charge in [0.05, 0.1) is 16.0 Å². The smallest absolute Gasteiger partial charge is 0.0895 e. The van der Waals surface area contributed by atoms with E-state index < -0.39 is 0 Å². The van der Waals surface area contributed by atoms with Crippen LogP contribution in [0.2, 0.25) is 0 Å². The summed E-state index contributed by atoms with van der Waals surface area (Å²) in [5, 5.41) is 2.72. The van der Waals surface area contributed by atoms with E-state index in [9.17, 15) is 0 Å². The van der Waals surface area contributed by atoms with Crippen molar-refractivity contribution in [3.05, 3.63) is 48.5 Å². The van der Waals surface area contributed by atoms with E-state index >= 15 is 0 Å². The topological polar surface area (TPSA) is 4.93 Å². The van der Waals surface area contributed by atoms with Crippen molar-refractivity contribution in [2.45, 2.75) is 76.1 Å². The zero-order valence-corrected chi connectivity index (χ0v) is 17.7. The third-order valence-corrected chi connectivity index (χ3v) is 6.31. The highest BCUT2D eigenvalue weighted by Gasteiger charge is 2.15. The Morgan fingerprint density at radius 3 is 1.69 bits per heavy atom. The van der Waals surface area contributed by atoms with E-state index in [1.54, 1.807) is 0 Å². The van der Waals surface area contributed by atoms with Crippen molar-refractivity contribution in [1.29, 1.82) is 0 Å². The van der Waals surface area contributed by atoms with Gasteiger partial charge in [0.25, 0.3) is 0 Å². The molecule has 1 nitrogen and oxygen atoms in total. The Bertz CT molecular complexity index is 751. The van der Waals surface area contributed by atoms with Crippen molar-refractivity contribution in [3.8, 4) is 0 Å². The molecule has 1 atom stereocenters. The lowest BCUT2D eigenvalue weighted by atomic mass is 10.1. The summed E-state index contributed by atoms with van der Waals surface area (Å²) >= 11 is 3.98. The lowest BCUT2D eigenvalue weighted by Gasteiger charge is -2.15. The first-order chi connectivity index (χ1) is 12.8. The number of benzene rings is 2. The first kappa shape index (κ1) is 19.5. The molecule has 0 aliphatic carbocycles. The second-order valence-corrected chi connectivity index (χ2v) is 8.51. The Morgan fingerprint density at radius 1 is 0.692 bits per heavy atom. The molecular weight excluding hydrogens is 382 g/mol. The monoisotopic (exact) mass is 413 g/mol. The molecular formula is C24H32BrN. The van der Waals surface area contributed by atoms with E-state index in [1.165, 1.54) is 86.0 Å². The van der Waals surface area contributed by atoms with Gasteiger partial charge in [-0.05, 0) is 18.6 Å². The van der Waals surface area contributed by atoms with Crippen LogP contribution >= 0.6 is 15.9 Å². The highest BCUT2D eigenvalue weighted by molar-refractivity contribution is 9.09. The molecule has 0 aliphatic rings. The van der Waals surface area contributed by atoms with Gasteiger partial charge in [-0.25, -0.2) is 0 Å². The number of para-hydroxylation sites is 2. The predicted octanol–water partition coefficient (Wildman–Crippen LogP) is 8.61. The molecule has 2 aromatic carbocycles. The number of rotatable bonds is 11. The molecule has 1 aromatic heterocycles. The van der Waals surface area contributed by atoms with Crippen LogP contribution in [0.4, 0.5) is 0 Å². The van der Waals surface area contributed by atoms with E-state index in [0.29, 0.717) is 4.95 Å². The van der Waals surface area contributed by atoms with Crippen molar-refractivity contribution in [2.75, 3.05) is 0 Å². The molecule has 0 bridgehead atoms. The fourth-order valence-corrected chi connectivity index (χ4v) is 4.77. The summed E-state index contributed by atoms with van der Waals surface area (Å²) in [7, 11) is 0. The van der Waals surface area contributed by atoms with Gasteiger partial charge in [-0.15, -0.1) is 0 Å². The maximum atomic E-state index is 3.98. The minimum atomic E-state index is 0.372. The molecule has 1 heterocycles. The first-order valence-corrected chi connectivity index (χ1v) is 11.4. The number of nitrogens with zero attached hydrogens (tertiary/aromatic N) is 1. The second kappa shape index (κ2) is 10.2. The summed E-state index contributed by atoms with van der Waals surface area (Å²) < 4.78 is 2.48. The molecule has 0 saturated carbocycles. The Balaban J connectivity index is 1.54. The first-order valence-electron chi connectivity index (χ1n) is 10.4. The summed E-state index contributed by atoms with van der Waals surface area (Å²) in [5.41, 5.74) is 2.68. The largest absolute Gasteiger partial charge is 0.327 e. The molecule has 3 aromatic rings.